The number of pyridine rings is 2. The molecule has 1 amide bonds. The molecule has 1 aromatic carbocycles. The van der Waals surface area contributed by atoms with Gasteiger partial charge >= 0.3 is 0 Å². The van der Waals surface area contributed by atoms with Crippen molar-refractivity contribution in [2.24, 2.45) is 0 Å². The lowest BCUT2D eigenvalue weighted by atomic mass is 10.0. The second-order valence-electron chi connectivity index (χ2n) is 7.09. The smallest absolute Gasteiger partial charge is 0.253 e. The zero-order valence-electron chi connectivity index (χ0n) is 16.3. The Hall–Kier alpha value is -3.01. The first-order valence-corrected chi connectivity index (χ1v) is 9.16. The molecule has 1 unspecified atom stereocenters. The van der Waals surface area contributed by atoms with E-state index in [2.05, 4.69) is 23.0 Å². The van der Waals surface area contributed by atoms with Crippen LogP contribution < -0.4 is 0 Å². The topological polar surface area (TPSA) is 46.1 Å². The number of likely N-dealkylation sites (N-methyl/N-ethyl adjacent to an activating group) is 1. The predicted molar refractivity (Wildman–Crippen MR) is 109 cm³/mol. The Labute approximate surface area is 160 Å². The van der Waals surface area contributed by atoms with E-state index >= 15 is 0 Å². The van der Waals surface area contributed by atoms with Gasteiger partial charge in [0.25, 0.3) is 5.91 Å². The Kier molecular flexibility index (Phi) is 5.65. The summed E-state index contributed by atoms with van der Waals surface area (Å²) in [7, 11) is 1.85. The predicted octanol–water partition coefficient (Wildman–Crippen LogP) is 4.46. The number of carbonyl (C=O) groups is 1. The van der Waals surface area contributed by atoms with E-state index in [-0.39, 0.29) is 11.9 Å². The lowest BCUT2D eigenvalue weighted by Gasteiger charge is -2.25. The highest BCUT2D eigenvalue weighted by Crippen LogP contribution is 2.20. The number of rotatable bonds is 5. The van der Waals surface area contributed by atoms with Gasteiger partial charge in [0.05, 0.1) is 5.69 Å². The Bertz CT molecular complexity index is 952. The molecule has 0 saturated heterocycles. The molecule has 0 aliphatic heterocycles. The molecule has 0 fully saturated rings. The van der Waals surface area contributed by atoms with Crippen molar-refractivity contribution in [1.82, 2.24) is 14.9 Å². The molecule has 4 nitrogen and oxygen atoms in total. The Morgan fingerprint density at radius 2 is 1.70 bits per heavy atom. The lowest BCUT2D eigenvalue weighted by molar-refractivity contribution is 0.0743. The van der Waals surface area contributed by atoms with Crippen molar-refractivity contribution in [1.29, 1.82) is 0 Å². The molecule has 0 radical (unpaired) electrons. The fourth-order valence-electron chi connectivity index (χ4n) is 3.06. The molecule has 4 heteroatoms. The minimum Gasteiger partial charge on any atom is -0.339 e. The van der Waals surface area contributed by atoms with E-state index in [0.29, 0.717) is 5.56 Å². The highest BCUT2D eigenvalue weighted by Gasteiger charge is 2.19. The van der Waals surface area contributed by atoms with Crippen molar-refractivity contribution in [3.63, 3.8) is 0 Å². The fourth-order valence-corrected chi connectivity index (χ4v) is 3.06. The van der Waals surface area contributed by atoms with Gasteiger partial charge in [0.15, 0.2) is 0 Å². The summed E-state index contributed by atoms with van der Waals surface area (Å²) in [5, 5.41) is 0. The number of aryl methyl sites for hydroxylation is 2. The standard InChI is InChI=1S/C23H25N3O/c1-16-8-10-24-21(12-16)14-18(3)26(4)23(27)20-7-5-6-19(15-20)22-13-17(2)9-11-25-22/h5-13,15,18H,14H2,1-4H3. The lowest BCUT2D eigenvalue weighted by Crippen LogP contribution is -2.36. The molecule has 0 spiro atoms. The molecule has 2 aromatic heterocycles. The summed E-state index contributed by atoms with van der Waals surface area (Å²) >= 11 is 0. The van der Waals surface area contributed by atoms with Gasteiger partial charge < -0.3 is 4.90 Å². The van der Waals surface area contributed by atoms with E-state index in [1.54, 1.807) is 11.1 Å². The van der Waals surface area contributed by atoms with Crippen LogP contribution in [0.2, 0.25) is 0 Å². The summed E-state index contributed by atoms with van der Waals surface area (Å²) in [6.45, 7) is 6.14. The van der Waals surface area contributed by atoms with Crippen LogP contribution in [-0.2, 0) is 6.42 Å². The van der Waals surface area contributed by atoms with Gasteiger partial charge in [-0.2, -0.15) is 0 Å². The molecule has 2 heterocycles. The molecule has 0 N–H and O–H groups in total. The zero-order valence-corrected chi connectivity index (χ0v) is 16.3. The molecule has 0 aliphatic carbocycles. The minimum absolute atomic E-state index is 0.00431. The molecule has 1 atom stereocenters. The third-order valence-corrected chi connectivity index (χ3v) is 4.78. The van der Waals surface area contributed by atoms with Crippen molar-refractivity contribution in [2.45, 2.75) is 33.2 Å². The van der Waals surface area contributed by atoms with E-state index in [1.165, 1.54) is 5.56 Å². The van der Waals surface area contributed by atoms with Gasteiger partial charge in [0.1, 0.15) is 0 Å². The molecule has 3 aromatic rings. The summed E-state index contributed by atoms with van der Waals surface area (Å²) in [4.78, 5) is 23.6. The second-order valence-corrected chi connectivity index (χ2v) is 7.09. The van der Waals surface area contributed by atoms with Gasteiger partial charge in [-0.3, -0.25) is 14.8 Å². The third-order valence-electron chi connectivity index (χ3n) is 4.78. The number of benzene rings is 1. The minimum atomic E-state index is 0.00431. The van der Waals surface area contributed by atoms with Crippen LogP contribution >= 0.6 is 0 Å². The van der Waals surface area contributed by atoms with Crippen LogP contribution in [0.3, 0.4) is 0 Å². The van der Waals surface area contributed by atoms with Crippen LogP contribution in [0, 0.1) is 13.8 Å². The van der Waals surface area contributed by atoms with Crippen LogP contribution in [0.25, 0.3) is 11.3 Å². The number of carbonyl (C=O) groups excluding carboxylic acids is 1. The van der Waals surface area contributed by atoms with E-state index in [0.717, 1.165) is 28.9 Å². The van der Waals surface area contributed by atoms with Gasteiger partial charge in [-0.05, 0) is 68.3 Å². The van der Waals surface area contributed by atoms with Crippen LogP contribution in [0.1, 0.15) is 34.1 Å². The quantitative estimate of drug-likeness (QED) is 0.675. The SMILES string of the molecule is Cc1ccnc(CC(C)N(C)C(=O)c2cccc(-c3cc(C)ccn3)c2)c1. The molecule has 3 rings (SSSR count). The van der Waals surface area contributed by atoms with Crippen LogP contribution in [0.15, 0.2) is 60.9 Å². The molecule has 27 heavy (non-hydrogen) atoms. The van der Waals surface area contributed by atoms with Crippen molar-refractivity contribution in [2.75, 3.05) is 7.05 Å². The monoisotopic (exact) mass is 359 g/mol. The molecule has 138 valence electrons. The average molecular weight is 359 g/mol. The fraction of sp³-hybridized carbons (Fsp3) is 0.261. The van der Waals surface area contributed by atoms with Gasteiger partial charge in [-0.1, -0.05) is 12.1 Å². The Morgan fingerprint density at radius 1 is 1.00 bits per heavy atom. The van der Waals surface area contributed by atoms with E-state index in [4.69, 9.17) is 0 Å². The zero-order chi connectivity index (χ0) is 19.4. The summed E-state index contributed by atoms with van der Waals surface area (Å²) < 4.78 is 0. The number of nitrogens with zero attached hydrogens (tertiary/aromatic N) is 3. The average Bonchev–Trinajstić information content (AvgIpc) is 2.67. The third kappa shape index (κ3) is 4.59. The molecular formula is C23H25N3O. The van der Waals surface area contributed by atoms with Crippen molar-refractivity contribution in [3.8, 4) is 11.3 Å². The summed E-state index contributed by atoms with van der Waals surface area (Å²) in [5.41, 5.74) is 5.82. The van der Waals surface area contributed by atoms with Gasteiger partial charge in [0.2, 0.25) is 0 Å². The van der Waals surface area contributed by atoms with Crippen molar-refractivity contribution >= 4 is 5.91 Å². The van der Waals surface area contributed by atoms with Gasteiger partial charge in [-0.15, -0.1) is 0 Å². The van der Waals surface area contributed by atoms with E-state index < -0.39 is 0 Å². The highest BCUT2D eigenvalue weighted by atomic mass is 16.2. The second kappa shape index (κ2) is 8.12. The summed E-state index contributed by atoms with van der Waals surface area (Å²) in [6.07, 6.45) is 4.34. The molecule has 0 bridgehead atoms. The maximum Gasteiger partial charge on any atom is 0.253 e. The van der Waals surface area contributed by atoms with E-state index in [9.17, 15) is 4.79 Å². The Morgan fingerprint density at radius 3 is 2.41 bits per heavy atom. The largest absolute Gasteiger partial charge is 0.339 e. The van der Waals surface area contributed by atoms with Crippen LogP contribution in [0.5, 0.6) is 0 Å². The summed E-state index contributed by atoms with van der Waals surface area (Å²) in [6, 6.07) is 15.8. The number of aromatic nitrogens is 2. The first-order valence-electron chi connectivity index (χ1n) is 9.16. The first-order chi connectivity index (χ1) is 12.9. The normalized spacial score (nSPS) is 11.9. The molecule has 0 saturated carbocycles. The Balaban J connectivity index is 1.77. The van der Waals surface area contributed by atoms with Crippen molar-refractivity contribution in [3.05, 3.63) is 83.3 Å². The number of hydrogen-bond acceptors (Lipinski definition) is 3. The highest BCUT2D eigenvalue weighted by molar-refractivity contribution is 5.95. The molecular weight excluding hydrogens is 334 g/mol. The summed E-state index contributed by atoms with van der Waals surface area (Å²) in [5.74, 6) is 0.00431. The van der Waals surface area contributed by atoms with E-state index in [1.807, 2.05) is 69.6 Å². The maximum atomic E-state index is 13.0. The van der Waals surface area contributed by atoms with Crippen LogP contribution in [0.4, 0.5) is 0 Å². The van der Waals surface area contributed by atoms with Crippen molar-refractivity contribution < 1.29 is 4.79 Å². The number of amides is 1. The first kappa shape index (κ1) is 18.8. The van der Waals surface area contributed by atoms with Crippen LogP contribution in [-0.4, -0.2) is 33.9 Å². The maximum absolute atomic E-state index is 13.0. The number of hydrogen-bond donors (Lipinski definition) is 0. The van der Waals surface area contributed by atoms with Gasteiger partial charge in [0, 0.05) is 48.7 Å². The molecule has 0 aliphatic rings. The van der Waals surface area contributed by atoms with Gasteiger partial charge in [-0.25, -0.2) is 0 Å².